The smallest absolute Gasteiger partial charge is 0.0166 e. The molecule has 0 saturated carbocycles. The van der Waals surface area contributed by atoms with Crippen molar-refractivity contribution in [2.45, 2.75) is 27.2 Å². The van der Waals surface area contributed by atoms with Crippen molar-refractivity contribution in [1.29, 1.82) is 0 Å². The minimum Gasteiger partial charge on any atom is -0.103 e. The summed E-state index contributed by atoms with van der Waals surface area (Å²) in [5.41, 5.74) is 3.61. The van der Waals surface area contributed by atoms with E-state index in [0.717, 1.165) is 12.0 Å². The minimum atomic E-state index is 0.918. The highest BCUT2D eigenvalue weighted by atomic mass is 14.0. The summed E-state index contributed by atoms with van der Waals surface area (Å²) in [4.78, 5) is 0. The van der Waals surface area contributed by atoms with Gasteiger partial charge in [-0.3, -0.25) is 0 Å². The first kappa shape index (κ1) is 11.0. The van der Waals surface area contributed by atoms with E-state index in [4.69, 9.17) is 0 Å². The van der Waals surface area contributed by atoms with E-state index in [1.54, 1.807) is 0 Å². The molecule has 66 valence electrons. The molecule has 0 bridgehead atoms. The molecule has 0 radical (unpaired) electrons. The van der Waals surface area contributed by atoms with Gasteiger partial charge in [-0.15, -0.1) is 6.58 Å². The van der Waals surface area contributed by atoms with Crippen molar-refractivity contribution >= 4 is 0 Å². The molecule has 0 fully saturated rings. The van der Waals surface area contributed by atoms with E-state index in [-0.39, 0.29) is 0 Å². The van der Waals surface area contributed by atoms with E-state index < -0.39 is 0 Å². The highest BCUT2D eigenvalue weighted by Gasteiger charge is 1.90. The Hall–Kier alpha value is -1.04. The maximum Gasteiger partial charge on any atom is -0.0166 e. The fraction of sp³-hybridized carbons (Fsp3) is 0.333. The second-order valence-electron chi connectivity index (χ2n) is 3.16. The Morgan fingerprint density at radius 3 is 2.25 bits per heavy atom. The van der Waals surface area contributed by atoms with Gasteiger partial charge in [0.1, 0.15) is 0 Å². The van der Waals surface area contributed by atoms with Crippen LogP contribution in [0.25, 0.3) is 0 Å². The Labute approximate surface area is 76.0 Å². The number of hydrogen-bond acceptors (Lipinski definition) is 0. The van der Waals surface area contributed by atoms with Crippen molar-refractivity contribution in [2.75, 3.05) is 0 Å². The quantitative estimate of drug-likeness (QED) is 0.432. The van der Waals surface area contributed by atoms with Crippen LogP contribution in [0.3, 0.4) is 0 Å². The lowest BCUT2D eigenvalue weighted by Crippen LogP contribution is -1.79. The zero-order chi connectivity index (χ0) is 9.56. The molecule has 0 aromatic carbocycles. The summed E-state index contributed by atoms with van der Waals surface area (Å²) < 4.78 is 0. The van der Waals surface area contributed by atoms with Crippen LogP contribution < -0.4 is 0 Å². The molecule has 0 aromatic rings. The van der Waals surface area contributed by atoms with Gasteiger partial charge in [-0.1, -0.05) is 30.4 Å². The third-order valence-corrected chi connectivity index (χ3v) is 1.56. The van der Waals surface area contributed by atoms with Crippen molar-refractivity contribution in [2.24, 2.45) is 0 Å². The van der Waals surface area contributed by atoms with Gasteiger partial charge in [-0.25, -0.2) is 0 Å². The molecule has 0 nitrogen and oxygen atoms in total. The summed E-state index contributed by atoms with van der Waals surface area (Å²) >= 11 is 0. The Kier molecular flexibility index (Phi) is 5.11. The molecule has 0 amide bonds. The highest BCUT2D eigenvalue weighted by Crippen LogP contribution is 2.11. The van der Waals surface area contributed by atoms with Gasteiger partial charge in [-0.05, 0) is 38.3 Å². The van der Waals surface area contributed by atoms with E-state index in [1.807, 2.05) is 6.08 Å². The summed E-state index contributed by atoms with van der Waals surface area (Å²) in [6.45, 7) is 13.9. The molecular weight excluding hydrogens is 144 g/mol. The van der Waals surface area contributed by atoms with E-state index in [9.17, 15) is 0 Å². The van der Waals surface area contributed by atoms with Crippen LogP contribution in [0.1, 0.15) is 27.2 Å². The highest BCUT2D eigenvalue weighted by molar-refractivity contribution is 5.37. The predicted octanol–water partition coefficient (Wildman–Crippen LogP) is 4.03. The van der Waals surface area contributed by atoms with Crippen LogP contribution in [0.15, 0.2) is 48.1 Å². The van der Waals surface area contributed by atoms with Crippen LogP contribution in [0.2, 0.25) is 0 Å². The van der Waals surface area contributed by atoms with E-state index in [1.165, 1.54) is 11.1 Å². The van der Waals surface area contributed by atoms with Gasteiger partial charge in [0.15, 0.2) is 0 Å². The van der Waals surface area contributed by atoms with Crippen LogP contribution in [0.4, 0.5) is 0 Å². The second kappa shape index (κ2) is 5.59. The van der Waals surface area contributed by atoms with Crippen molar-refractivity contribution in [3.63, 3.8) is 0 Å². The zero-order valence-electron chi connectivity index (χ0n) is 8.35. The third-order valence-electron chi connectivity index (χ3n) is 1.56. The Morgan fingerprint density at radius 1 is 1.25 bits per heavy atom. The molecule has 12 heavy (non-hydrogen) atoms. The van der Waals surface area contributed by atoms with Crippen LogP contribution >= 0.6 is 0 Å². The average Bonchev–Trinajstić information content (AvgIpc) is 1.98. The summed E-state index contributed by atoms with van der Waals surface area (Å²) in [6, 6.07) is 0. The average molecular weight is 162 g/mol. The maximum absolute atomic E-state index is 3.97. The Morgan fingerprint density at radius 2 is 1.83 bits per heavy atom. The molecule has 0 unspecified atom stereocenters. The number of rotatable bonds is 4. The first-order valence-electron chi connectivity index (χ1n) is 4.19. The lowest BCUT2D eigenvalue weighted by atomic mass is 10.1. The summed E-state index contributed by atoms with van der Waals surface area (Å²) in [5.74, 6) is 0. The summed E-state index contributed by atoms with van der Waals surface area (Å²) in [6.07, 6.45) is 7.03. The van der Waals surface area contributed by atoms with Crippen LogP contribution in [-0.4, -0.2) is 0 Å². The molecule has 0 N–H and O–H groups in total. The van der Waals surface area contributed by atoms with Crippen LogP contribution in [-0.2, 0) is 0 Å². The summed E-state index contributed by atoms with van der Waals surface area (Å²) in [5, 5.41) is 0. The van der Waals surface area contributed by atoms with Crippen molar-refractivity contribution in [1.82, 2.24) is 0 Å². The molecule has 0 aliphatic rings. The number of hydrogen-bond donors (Lipinski definition) is 0. The van der Waals surface area contributed by atoms with Crippen molar-refractivity contribution in [3.05, 3.63) is 48.1 Å². The second-order valence-corrected chi connectivity index (χ2v) is 3.16. The van der Waals surface area contributed by atoms with Gasteiger partial charge < -0.3 is 0 Å². The molecule has 0 heteroatoms. The maximum atomic E-state index is 3.97. The van der Waals surface area contributed by atoms with E-state index >= 15 is 0 Å². The Balaban J connectivity index is 4.29. The van der Waals surface area contributed by atoms with E-state index in [2.05, 4.69) is 46.1 Å². The molecule has 0 saturated heterocycles. The zero-order valence-corrected chi connectivity index (χ0v) is 8.35. The fourth-order valence-corrected chi connectivity index (χ4v) is 0.854. The monoisotopic (exact) mass is 162 g/mol. The molecule has 0 heterocycles. The minimum absolute atomic E-state index is 0.918. The normalized spacial score (nSPS) is 10.8. The van der Waals surface area contributed by atoms with Gasteiger partial charge in [0.25, 0.3) is 0 Å². The topological polar surface area (TPSA) is 0 Å². The van der Waals surface area contributed by atoms with Crippen LogP contribution in [0.5, 0.6) is 0 Å². The largest absolute Gasteiger partial charge is 0.103 e. The lowest BCUT2D eigenvalue weighted by Gasteiger charge is -2.00. The molecular formula is C12H18. The molecule has 0 aromatic heterocycles. The first-order chi connectivity index (χ1) is 5.57. The molecule has 0 rings (SSSR count). The van der Waals surface area contributed by atoms with Crippen LogP contribution in [0, 0.1) is 0 Å². The van der Waals surface area contributed by atoms with Crippen molar-refractivity contribution < 1.29 is 0 Å². The van der Waals surface area contributed by atoms with Gasteiger partial charge in [0, 0.05) is 0 Å². The van der Waals surface area contributed by atoms with E-state index in [0.29, 0.717) is 0 Å². The summed E-state index contributed by atoms with van der Waals surface area (Å²) in [7, 11) is 0. The molecule has 0 aliphatic carbocycles. The molecule has 0 aliphatic heterocycles. The predicted molar refractivity (Wildman–Crippen MR) is 57.1 cm³/mol. The fourth-order valence-electron chi connectivity index (χ4n) is 0.854. The SMILES string of the molecule is C=CCC=C(C)C(=C)C=C(C)C. The molecule has 0 atom stereocenters. The van der Waals surface area contributed by atoms with Gasteiger partial charge in [0.2, 0.25) is 0 Å². The standard InChI is InChI=1S/C12H18/c1-6-7-8-11(4)12(5)9-10(2)3/h6,8-9H,1,5,7H2,2-4H3. The lowest BCUT2D eigenvalue weighted by molar-refractivity contribution is 1.29. The Bertz CT molecular complexity index is 222. The van der Waals surface area contributed by atoms with Gasteiger partial charge in [-0.2, -0.15) is 0 Å². The van der Waals surface area contributed by atoms with Gasteiger partial charge in [0.05, 0.1) is 0 Å². The third kappa shape index (κ3) is 4.73. The van der Waals surface area contributed by atoms with Crippen molar-refractivity contribution in [3.8, 4) is 0 Å². The first-order valence-corrected chi connectivity index (χ1v) is 4.19. The number of allylic oxidation sites excluding steroid dienone is 6. The van der Waals surface area contributed by atoms with Gasteiger partial charge >= 0.3 is 0 Å². The molecule has 0 spiro atoms.